The Labute approximate surface area is 110 Å². The van der Waals surface area contributed by atoms with Crippen molar-refractivity contribution >= 4 is 17.7 Å². The molecule has 0 radical (unpaired) electrons. The van der Waals surface area contributed by atoms with E-state index in [4.69, 9.17) is 9.84 Å². The fraction of sp³-hybridized carbons (Fsp3) is 0.462. The maximum atomic E-state index is 11.8. The highest BCUT2D eigenvalue weighted by atomic mass is 16.5. The number of carbonyl (C=O) groups is 2. The lowest BCUT2D eigenvalue weighted by atomic mass is 10.1. The van der Waals surface area contributed by atoms with Crippen molar-refractivity contribution in [2.75, 3.05) is 11.9 Å². The maximum Gasteiger partial charge on any atom is 0.335 e. The maximum absolute atomic E-state index is 11.8. The number of ether oxygens (including phenoxy) is 1. The Bertz CT molecular complexity index is 469. The number of carboxylic acids is 1. The average Bonchev–Trinajstić information content (AvgIpc) is 2.40. The van der Waals surface area contributed by atoms with Crippen molar-refractivity contribution in [3.63, 3.8) is 0 Å². The van der Waals surface area contributed by atoms with Gasteiger partial charge in [0.2, 0.25) is 5.91 Å². The number of nitrogens with one attached hydrogen (secondary N) is 1. The number of aromatic carboxylic acids is 1. The molecule has 0 aliphatic carbocycles. The Kier molecular flexibility index (Phi) is 4.46. The minimum Gasteiger partial charge on any atom is -0.478 e. The number of pyridine rings is 1. The SMILES string of the molecule is O=C(CC1CCCCO1)Nc1cc(C(=O)O)ccn1. The summed E-state index contributed by atoms with van der Waals surface area (Å²) in [6.07, 6.45) is 4.59. The van der Waals surface area contributed by atoms with Crippen LogP contribution in [0.25, 0.3) is 0 Å². The van der Waals surface area contributed by atoms with Gasteiger partial charge in [0.05, 0.1) is 18.1 Å². The second-order valence-electron chi connectivity index (χ2n) is 4.48. The van der Waals surface area contributed by atoms with Crippen molar-refractivity contribution < 1.29 is 19.4 Å². The third-order valence-corrected chi connectivity index (χ3v) is 2.96. The molecule has 1 aromatic rings. The molecule has 0 bridgehead atoms. The molecular formula is C13H16N2O4. The van der Waals surface area contributed by atoms with E-state index in [2.05, 4.69) is 10.3 Å². The van der Waals surface area contributed by atoms with Crippen molar-refractivity contribution in [2.45, 2.75) is 31.8 Å². The molecule has 2 heterocycles. The van der Waals surface area contributed by atoms with Crippen LogP contribution in [0.1, 0.15) is 36.0 Å². The highest BCUT2D eigenvalue weighted by Gasteiger charge is 2.18. The molecule has 0 spiro atoms. The highest BCUT2D eigenvalue weighted by Crippen LogP contribution is 2.16. The van der Waals surface area contributed by atoms with E-state index < -0.39 is 5.97 Å². The van der Waals surface area contributed by atoms with Crippen molar-refractivity contribution in [1.82, 2.24) is 4.98 Å². The van der Waals surface area contributed by atoms with Crippen LogP contribution in [0.3, 0.4) is 0 Å². The number of nitrogens with zero attached hydrogens (tertiary/aromatic N) is 1. The highest BCUT2D eigenvalue weighted by molar-refractivity contribution is 5.92. The van der Waals surface area contributed by atoms with E-state index in [0.29, 0.717) is 6.61 Å². The molecule has 102 valence electrons. The molecule has 1 aliphatic heterocycles. The fourth-order valence-electron chi connectivity index (χ4n) is 2.00. The molecule has 2 N–H and O–H groups in total. The Morgan fingerprint density at radius 3 is 3.00 bits per heavy atom. The summed E-state index contributed by atoms with van der Waals surface area (Å²) < 4.78 is 5.47. The monoisotopic (exact) mass is 264 g/mol. The molecule has 1 fully saturated rings. The second kappa shape index (κ2) is 6.29. The van der Waals surface area contributed by atoms with Crippen LogP contribution in [0.5, 0.6) is 0 Å². The summed E-state index contributed by atoms with van der Waals surface area (Å²) in [4.78, 5) is 26.5. The lowest BCUT2D eigenvalue weighted by Gasteiger charge is -2.21. The Balaban J connectivity index is 1.90. The zero-order chi connectivity index (χ0) is 13.7. The van der Waals surface area contributed by atoms with Crippen LogP contribution >= 0.6 is 0 Å². The Hall–Kier alpha value is -1.95. The largest absolute Gasteiger partial charge is 0.478 e. The van der Waals surface area contributed by atoms with E-state index >= 15 is 0 Å². The zero-order valence-electron chi connectivity index (χ0n) is 10.5. The smallest absolute Gasteiger partial charge is 0.335 e. The van der Waals surface area contributed by atoms with Crippen molar-refractivity contribution in [3.8, 4) is 0 Å². The van der Waals surface area contributed by atoms with Gasteiger partial charge in [-0.25, -0.2) is 9.78 Å². The van der Waals surface area contributed by atoms with Gasteiger partial charge in [-0.05, 0) is 31.4 Å². The number of hydrogen-bond donors (Lipinski definition) is 2. The van der Waals surface area contributed by atoms with Crippen LogP contribution in [0.2, 0.25) is 0 Å². The van der Waals surface area contributed by atoms with Gasteiger partial charge in [0.25, 0.3) is 0 Å². The zero-order valence-corrected chi connectivity index (χ0v) is 10.5. The summed E-state index contributed by atoms with van der Waals surface area (Å²) in [5.41, 5.74) is 0.0965. The quantitative estimate of drug-likeness (QED) is 0.863. The third-order valence-electron chi connectivity index (χ3n) is 2.96. The van der Waals surface area contributed by atoms with Gasteiger partial charge in [-0.1, -0.05) is 0 Å². The van der Waals surface area contributed by atoms with Crippen molar-refractivity contribution in [3.05, 3.63) is 23.9 Å². The van der Waals surface area contributed by atoms with Crippen LogP contribution < -0.4 is 5.32 Å². The van der Waals surface area contributed by atoms with Crippen LogP contribution in [0.4, 0.5) is 5.82 Å². The molecule has 6 heteroatoms. The van der Waals surface area contributed by atoms with Crippen LogP contribution in [0, 0.1) is 0 Å². The number of amides is 1. The molecule has 1 aromatic heterocycles. The predicted octanol–water partition coefficient (Wildman–Crippen LogP) is 1.68. The van der Waals surface area contributed by atoms with Gasteiger partial charge in [0, 0.05) is 12.8 Å². The van der Waals surface area contributed by atoms with Crippen LogP contribution in [0.15, 0.2) is 18.3 Å². The normalized spacial score (nSPS) is 18.8. The average molecular weight is 264 g/mol. The van der Waals surface area contributed by atoms with Gasteiger partial charge in [-0.15, -0.1) is 0 Å². The number of carbonyl (C=O) groups excluding carboxylic acids is 1. The summed E-state index contributed by atoms with van der Waals surface area (Å²) >= 11 is 0. The molecule has 1 aliphatic rings. The van der Waals surface area contributed by atoms with Gasteiger partial charge in [-0.3, -0.25) is 4.79 Å². The molecule has 1 unspecified atom stereocenters. The van der Waals surface area contributed by atoms with Crippen molar-refractivity contribution in [2.24, 2.45) is 0 Å². The van der Waals surface area contributed by atoms with E-state index in [0.717, 1.165) is 19.3 Å². The first-order valence-electron chi connectivity index (χ1n) is 6.26. The molecule has 1 atom stereocenters. The lowest BCUT2D eigenvalue weighted by Crippen LogP contribution is -2.25. The summed E-state index contributed by atoms with van der Waals surface area (Å²) in [5, 5.41) is 11.4. The standard InChI is InChI=1S/C13H16N2O4/c16-12(8-10-3-1-2-6-19-10)15-11-7-9(13(17)18)4-5-14-11/h4-5,7,10H,1-3,6,8H2,(H,17,18)(H,14,15,16). The summed E-state index contributed by atoms with van der Waals surface area (Å²) in [6, 6.07) is 2.71. The number of hydrogen-bond acceptors (Lipinski definition) is 4. The number of carboxylic acid groups (broad SMARTS) is 1. The summed E-state index contributed by atoms with van der Waals surface area (Å²) in [7, 11) is 0. The number of rotatable bonds is 4. The lowest BCUT2D eigenvalue weighted by molar-refractivity contribution is -0.119. The molecule has 1 saturated heterocycles. The van der Waals surface area contributed by atoms with Gasteiger partial charge >= 0.3 is 5.97 Å². The van der Waals surface area contributed by atoms with E-state index in [1.165, 1.54) is 18.3 Å². The molecule has 1 amide bonds. The number of aromatic nitrogens is 1. The first-order chi connectivity index (χ1) is 9.15. The first kappa shape index (κ1) is 13.5. The molecule has 6 nitrogen and oxygen atoms in total. The van der Waals surface area contributed by atoms with E-state index in [1.807, 2.05) is 0 Å². The topological polar surface area (TPSA) is 88.5 Å². The molecule has 2 rings (SSSR count). The van der Waals surface area contributed by atoms with Gasteiger partial charge in [0.1, 0.15) is 5.82 Å². The van der Waals surface area contributed by atoms with Crippen LogP contribution in [-0.2, 0) is 9.53 Å². The minimum absolute atomic E-state index is 0.0450. The fourth-order valence-corrected chi connectivity index (χ4v) is 2.00. The predicted molar refractivity (Wildman–Crippen MR) is 68.0 cm³/mol. The van der Waals surface area contributed by atoms with Gasteiger partial charge < -0.3 is 15.2 Å². The van der Waals surface area contributed by atoms with Gasteiger partial charge in [0.15, 0.2) is 0 Å². The summed E-state index contributed by atoms with van der Waals surface area (Å²) in [5.74, 6) is -1.00. The van der Waals surface area contributed by atoms with Crippen molar-refractivity contribution in [1.29, 1.82) is 0 Å². The van der Waals surface area contributed by atoms with E-state index in [1.54, 1.807) is 0 Å². The molecule has 0 saturated carbocycles. The van der Waals surface area contributed by atoms with Gasteiger partial charge in [-0.2, -0.15) is 0 Å². The van der Waals surface area contributed by atoms with Crippen LogP contribution in [-0.4, -0.2) is 34.7 Å². The Morgan fingerprint density at radius 2 is 2.32 bits per heavy atom. The minimum atomic E-state index is -1.05. The number of anilines is 1. The van der Waals surface area contributed by atoms with E-state index in [-0.39, 0.29) is 29.8 Å². The summed E-state index contributed by atoms with van der Waals surface area (Å²) in [6.45, 7) is 0.699. The molecular weight excluding hydrogens is 248 g/mol. The Morgan fingerprint density at radius 1 is 1.47 bits per heavy atom. The third kappa shape index (κ3) is 4.03. The van der Waals surface area contributed by atoms with E-state index in [9.17, 15) is 9.59 Å². The first-order valence-corrected chi connectivity index (χ1v) is 6.26. The molecule has 0 aromatic carbocycles. The molecule has 19 heavy (non-hydrogen) atoms. The second-order valence-corrected chi connectivity index (χ2v) is 4.48.